The van der Waals surface area contributed by atoms with Crippen molar-refractivity contribution in [3.63, 3.8) is 0 Å². The van der Waals surface area contributed by atoms with Crippen molar-refractivity contribution < 1.29 is 34.5 Å². The van der Waals surface area contributed by atoms with Crippen molar-refractivity contribution in [3.05, 3.63) is 65.2 Å². The number of benzene rings is 2. The number of fused-ring (bicyclic) bond motifs is 11. The molecule has 16 heteroatoms. The Bertz CT molecular complexity index is 1950. The molecule has 2 aromatic rings. The molecule has 9 heterocycles. The van der Waals surface area contributed by atoms with E-state index in [9.17, 15) is 34.5 Å². The summed E-state index contributed by atoms with van der Waals surface area (Å²) in [6.45, 7) is 3.19. The molecule has 1 aliphatic carbocycles. The van der Waals surface area contributed by atoms with Crippen molar-refractivity contribution in [1.29, 1.82) is 0 Å². The molecular weight excluding hydrogens is 695 g/mol. The van der Waals surface area contributed by atoms with Gasteiger partial charge in [0.05, 0.1) is 23.0 Å². The molecule has 4 N–H and O–H groups in total. The van der Waals surface area contributed by atoms with Crippen LogP contribution in [0.5, 0.6) is 0 Å². The summed E-state index contributed by atoms with van der Waals surface area (Å²) in [5.74, 6) is -1.80. The molecule has 4 unspecified atom stereocenters. The van der Waals surface area contributed by atoms with Gasteiger partial charge in [0.2, 0.25) is 14.6 Å². The molecule has 250 valence electrons. The fourth-order valence-electron chi connectivity index (χ4n) is 10.7. The number of carbonyl (C=O) groups excluding carboxylic acids is 4. The van der Waals surface area contributed by atoms with E-state index in [-0.39, 0.29) is 12.3 Å². The molecule has 11 atom stereocenters. The van der Waals surface area contributed by atoms with Crippen LogP contribution in [0.1, 0.15) is 30.5 Å². The number of aliphatic hydroxyl groups excluding tert-OH is 3. The average molecular weight is 726 g/mol. The summed E-state index contributed by atoms with van der Waals surface area (Å²) in [7, 11) is 7.60. The van der Waals surface area contributed by atoms with Crippen molar-refractivity contribution in [2.45, 2.75) is 81.1 Å². The molecule has 8 fully saturated rings. The van der Waals surface area contributed by atoms with Crippen molar-refractivity contribution >= 4 is 72.5 Å². The van der Waals surface area contributed by atoms with E-state index < -0.39 is 78.6 Å². The zero-order valence-corrected chi connectivity index (χ0v) is 29.4. The molecule has 4 bridgehead atoms. The molecule has 12 rings (SSSR count). The Morgan fingerprint density at radius 2 is 1.38 bits per heavy atom. The first kappa shape index (κ1) is 30.2. The first-order valence-corrected chi connectivity index (χ1v) is 20.0. The smallest absolute Gasteiger partial charge is 0.264 e. The first-order valence-electron chi connectivity index (χ1n) is 15.7. The summed E-state index contributed by atoms with van der Waals surface area (Å²) in [5, 5.41) is 41.4. The largest absolute Gasteiger partial charge is 0.389 e. The van der Waals surface area contributed by atoms with Crippen LogP contribution in [0.4, 0.5) is 5.69 Å². The molecule has 12 nitrogen and oxygen atoms in total. The zero-order chi connectivity index (χ0) is 33.7. The van der Waals surface area contributed by atoms with E-state index in [1.165, 1.54) is 44.4 Å². The Hall–Kier alpha value is -2.60. The predicted molar refractivity (Wildman–Crippen MR) is 181 cm³/mol. The molecule has 9 aliphatic heterocycles. The minimum absolute atomic E-state index is 0.247. The summed E-state index contributed by atoms with van der Waals surface area (Å²) in [5.41, 5.74) is -0.543. The fraction of sp³-hybridized carbons (Fsp3) is 0.500. The van der Waals surface area contributed by atoms with Crippen LogP contribution in [-0.2, 0) is 36.4 Å². The number of rotatable bonds is 2. The van der Waals surface area contributed by atoms with E-state index in [1.807, 2.05) is 48.5 Å². The van der Waals surface area contributed by atoms with Crippen LogP contribution in [0, 0.1) is 0 Å². The van der Waals surface area contributed by atoms with Gasteiger partial charge in [-0.15, -0.1) is 0 Å². The second kappa shape index (κ2) is 8.64. The van der Waals surface area contributed by atoms with E-state index in [0.29, 0.717) is 16.8 Å². The van der Waals surface area contributed by atoms with Crippen LogP contribution in [0.2, 0.25) is 0 Å². The van der Waals surface area contributed by atoms with E-state index in [0.717, 1.165) is 37.9 Å². The van der Waals surface area contributed by atoms with E-state index >= 15 is 0 Å². The van der Waals surface area contributed by atoms with E-state index in [2.05, 4.69) is 5.32 Å². The lowest BCUT2D eigenvalue weighted by molar-refractivity contribution is -0.173. The summed E-state index contributed by atoms with van der Waals surface area (Å²) in [4.78, 5) is 58.2. The van der Waals surface area contributed by atoms with Gasteiger partial charge in [0.1, 0.15) is 18.4 Å². The minimum Gasteiger partial charge on any atom is -0.389 e. The Balaban J connectivity index is 1.34. The Kier molecular flexibility index (Phi) is 5.44. The quantitative estimate of drug-likeness (QED) is 0.325. The molecule has 2 spiro atoms. The number of nitrogens with zero attached hydrogens (tertiary/aromatic N) is 4. The Morgan fingerprint density at radius 1 is 0.771 bits per heavy atom. The second-order valence-electron chi connectivity index (χ2n) is 14.2. The molecule has 10 aliphatic rings. The lowest BCUT2D eigenvalue weighted by Gasteiger charge is -2.59. The number of hydrogen-bond acceptors (Lipinski definition) is 12. The first-order chi connectivity index (χ1) is 22.8. The molecule has 0 radical (unpaired) electrons. The number of amides is 4. The molecule has 48 heavy (non-hydrogen) atoms. The maximum Gasteiger partial charge on any atom is 0.264 e. The predicted octanol–water partition coefficient (Wildman–Crippen LogP) is 0.865. The van der Waals surface area contributed by atoms with Gasteiger partial charge in [0, 0.05) is 19.8 Å². The summed E-state index contributed by atoms with van der Waals surface area (Å²) in [6.07, 6.45) is -5.25. The highest BCUT2D eigenvalue weighted by atomic mass is 33.1. The summed E-state index contributed by atoms with van der Waals surface area (Å²) < 4.78 is 0. The number of anilines is 1. The van der Waals surface area contributed by atoms with Gasteiger partial charge in [-0.3, -0.25) is 24.1 Å². The maximum atomic E-state index is 15.0. The molecule has 2 aromatic carbocycles. The van der Waals surface area contributed by atoms with Crippen molar-refractivity contribution in [2.75, 3.05) is 19.4 Å². The zero-order valence-electron chi connectivity index (χ0n) is 26.1. The third-order valence-electron chi connectivity index (χ3n) is 12.8. The fourth-order valence-corrected chi connectivity index (χ4v) is 18.2. The van der Waals surface area contributed by atoms with Gasteiger partial charge in [0.25, 0.3) is 23.6 Å². The van der Waals surface area contributed by atoms with E-state index in [1.54, 1.807) is 14.0 Å². The van der Waals surface area contributed by atoms with E-state index in [4.69, 9.17) is 0 Å². The highest BCUT2D eigenvalue weighted by Crippen LogP contribution is 2.78. The number of piperazine rings is 2. The topological polar surface area (TPSA) is 154 Å². The molecule has 0 saturated carbocycles. The van der Waals surface area contributed by atoms with Gasteiger partial charge in [-0.25, -0.2) is 0 Å². The lowest BCUT2D eigenvalue weighted by atomic mass is 9.51. The maximum absolute atomic E-state index is 15.0. The number of likely N-dealkylation sites (N-methyl/N-ethyl adjacent to an activating group) is 2. The number of aliphatic hydroxyl groups is 3. The highest BCUT2D eigenvalue weighted by Gasteiger charge is 2.92. The third-order valence-corrected chi connectivity index (χ3v) is 20.2. The average Bonchev–Trinajstić information content (AvgIpc) is 3.72. The number of carbonyl (C=O) groups is 4. The van der Waals surface area contributed by atoms with Gasteiger partial charge in [0.15, 0.2) is 4.87 Å². The van der Waals surface area contributed by atoms with Gasteiger partial charge in [-0.05, 0) is 75.4 Å². The van der Waals surface area contributed by atoms with Crippen molar-refractivity contribution in [3.8, 4) is 0 Å². The van der Waals surface area contributed by atoms with Crippen LogP contribution in [0.3, 0.4) is 0 Å². The van der Waals surface area contributed by atoms with Gasteiger partial charge < -0.3 is 35.3 Å². The Labute approximate surface area is 291 Å². The summed E-state index contributed by atoms with van der Waals surface area (Å²) in [6, 6.07) is 14.0. The molecule has 0 aromatic heterocycles. The highest BCUT2D eigenvalue weighted by molar-refractivity contribution is 8.78. The summed E-state index contributed by atoms with van der Waals surface area (Å²) >= 11 is 0. The SMILES string of the molecule is CC(O)[C@@]12SS[C@]3(C(=O)N1C)[C@@H](O)[C@]1(C45c6ccccc6NC4N4C(=O)[C@@]6(C)SS[C@]4(C(=O)N6C)[C@H]5O)c4ccccc4CC1N3C2=O. The Morgan fingerprint density at radius 3 is 2.10 bits per heavy atom. The van der Waals surface area contributed by atoms with Crippen LogP contribution in [0.25, 0.3) is 0 Å². The monoisotopic (exact) mass is 725 g/mol. The number of nitrogens with one attached hydrogen (secondary N) is 1. The molecule has 8 saturated heterocycles. The van der Waals surface area contributed by atoms with Crippen LogP contribution >= 0.6 is 43.2 Å². The van der Waals surface area contributed by atoms with Crippen molar-refractivity contribution in [1.82, 2.24) is 19.6 Å². The van der Waals surface area contributed by atoms with Crippen LogP contribution in [-0.4, -0.2) is 123 Å². The van der Waals surface area contributed by atoms with Crippen LogP contribution in [0.15, 0.2) is 48.5 Å². The van der Waals surface area contributed by atoms with Gasteiger partial charge in [-0.1, -0.05) is 53.3 Å². The number of para-hydroxylation sites is 1. The normalized spacial score (nSPS) is 46.4. The minimum atomic E-state index is -1.82. The van der Waals surface area contributed by atoms with Gasteiger partial charge in [-0.2, -0.15) is 0 Å². The second-order valence-corrected chi connectivity index (χ2v) is 19.5. The standard InChI is InChI=1S/C32H31N5O7S4/c1-14(38)30-26(44)36-19-13-15-9-5-6-10-16(15)28(19,20(39)31(36,48-46-30)25(43)35(30)4)29-17-11-7-8-12-18(17)33-22(29)37-23(41)27(2)34(3)24(42)32(37,21(29)40)47-45-27/h5-12,14,19-22,33,38-40H,13H2,1-4H3/t14?,19?,20-,21-,22?,27+,28-,29?,30-,31-,32-/m0/s1. The third kappa shape index (κ3) is 2.51. The lowest BCUT2D eigenvalue weighted by Crippen LogP contribution is -2.80. The molecule has 4 amide bonds. The molecular formula is C32H31N5O7S4. The van der Waals surface area contributed by atoms with Gasteiger partial charge >= 0.3 is 0 Å². The number of hydrogen-bond donors (Lipinski definition) is 4. The van der Waals surface area contributed by atoms with Crippen molar-refractivity contribution in [2.24, 2.45) is 0 Å². The van der Waals surface area contributed by atoms with Crippen LogP contribution < -0.4 is 5.32 Å².